The van der Waals surface area contributed by atoms with Gasteiger partial charge in [0, 0.05) is 24.2 Å². The maximum Gasteiger partial charge on any atom is 0.246 e. The van der Waals surface area contributed by atoms with Gasteiger partial charge in [-0.3, -0.25) is 9.89 Å². The van der Waals surface area contributed by atoms with Gasteiger partial charge in [0.15, 0.2) is 5.82 Å². The van der Waals surface area contributed by atoms with Crippen molar-refractivity contribution in [1.82, 2.24) is 29.9 Å². The minimum absolute atomic E-state index is 0.0200. The van der Waals surface area contributed by atoms with E-state index < -0.39 is 6.04 Å². The Morgan fingerprint density at radius 2 is 2.11 bits per heavy atom. The summed E-state index contributed by atoms with van der Waals surface area (Å²) in [6, 6.07) is 5.91. The number of nitrogens with one attached hydrogen (secondary N) is 1. The van der Waals surface area contributed by atoms with Crippen LogP contribution in [0.3, 0.4) is 0 Å². The molecule has 3 aromatic rings. The molecule has 0 fully saturated rings. The molecule has 0 unspecified atom stereocenters. The Labute approximate surface area is 156 Å². The standard InChI is InChI=1S/C19H21FN6O/c1-11-16(12(2)22-21-11)8-17-23-24-18-10-25(19(27)13(3)26(17)18)9-14-5-4-6-15(20)7-14/h4-7,13H,8-10H2,1-3H3,(H,21,22)/t13-/m0/s1. The molecule has 140 valence electrons. The largest absolute Gasteiger partial charge is 0.329 e. The fourth-order valence-corrected chi connectivity index (χ4v) is 3.64. The van der Waals surface area contributed by atoms with Gasteiger partial charge in [-0.2, -0.15) is 5.10 Å². The lowest BCUT2D eigenvalue weighted by atomic mass is 10.1. The highest BCUT2D eigenvalue weighted by molar-refractivity contribution is 5.81. The van der Waals surface area contributed by atoms with Crippen LogP contribution in [0.25, 0.3) is 0 Å². The van der Waals surface area contributed by atoms with Gasteiger partial charge in [-0.15, -0.1) is 10.2 Å². The van der Waals surface area contributed by atoms with Crippen molar-refractivity contribution in [1.29, 1.82) is 0 Å². The number of rotatable bonds is 4. The van der Waals surface area contributed by atoms with Crippen LogP contribution in [0.1, 0.15) is 47.1 Å². The summed E-state index contributed by atoms with van der Waals surface area (Å²) in [7, 11) is 0. The zero-order valence-electron chi connectivity index (χ0n) is 15.5. The van der Waals surface area contributed by atoms with Gasteiger partial charge in [0.05, 0.1) is 12.2 Å². The second-order valence-electron chi connectivity index (χ2n) is 6.99. The van der Waals surface area contributed by atoms with Crippen molar-refractivity contribution in [2.75, 3.05) is 0 Å². The lowest BCUT2D eigenvalue weighted by Crippen LogP contribution is -2.41. The molecular weight excluding hydrogens is 347 g/mol. The number of fused-ring (bicyclic) bond motifs is 1. The molecule has 8 heteroatoms. The Morgan fingerprint density at radius 3 is 2.81 bits per heavy atom. The average Bonchev–Trinajstić information content (AvgIpc) is 3.18. The summed E-state index contributed by atoms with van der Waals surface area (Å²) < 4.78 is 15.4. The van der Waals surface area contributed by atoms with Crippen LogP contribution in [0.4, 0.5) is 4.39 Å². The number of halogens is 1. The van der Waals surface area contributed by atoms with Crippen molar-refractivity contribution >= 4 is 5.91 Å². The van der Waals surface area contributed by atoms with E-state index >= 15 is 0 Å². The van der Waals surface area contributed by atoms with E-state index in [4.69, 9.17) is 0 Å². The summed E-state index contributed by atoms with van der Waals surface area (Å²) in [4.78, 5) is 14.6. The monoisotopic (exact) mass is 368 g/mol. The van der Waals surface area contributed by atoms with Crippen LogP contribution in [-0.2, 0) is 24.3 Å². The van der Waals surface area contributed by atoms with Crippen LogP contribution >= 0.6 is 0 Å². The molecule has 0 bridgehead atoms. The molecule has 1 aromatic carbocycles. The van der Waals surface area contributed by atoms with Crippen molar-refractivity contribution < 1.29 is 9.18 Å². The molecule has 0 saturated heterocycles. The van der Waals surface area contributed by atoms with Gasteiger partial charge in [-0.25, -0.2) is 4.39 Å². The Balaban J connectivity index is 1.60. The molecule has 0 radical (unpaired) electrons. The van der Waals surface area contributed by atoms with Gasteiger partial charge in [0.25, 0.3) is 0 Å². The maximum absolute atomic E-state index is 13.4. The van der Waals surface area contributed by atoms with Gasteiger partial charge in [0.1, 0.15) is 17.7 Å². The number of amides is 1. The van der Waals surface area contributed by atoms with E-state index in [1.54, 1.807) is 11.0 Å². The van der Waals surface area contributed by atoms with E-state index in [-0.39, 0.29) is 11.7 Å². The summed E-state index contributed by atoms with van der Waals surface area (Å²) in [6.45, 7) is 6.48. The number of aromatic nitrogens is 5. The van der Waals surface area contributed by atoms with Crippen molar-refractivity contribution in [2.24, 2.45) is 0 Å². The number of H-pyrrole nitrogens is 1. The fourth-order valence-electron chi connectivity index (χ4n) is 3.64. The highest BCUT2D eigenvalue weighted by Gasteiger charge is 2.33. The Kier molecular flexibility index (Phi) is 4.25. The first-order chi connectivity index (χ1) is 12.9. The zero-order chi connectivity index (χ0) is 19.1. The SMILES string of the molecule is Cc1n[nH]c(C)c1Cc1nnc2n1[C@@H](C)C(=O)N(Cc1cccc(F)c1)C2. The number of aryl methyl sites for hydroxylation is 2. The van der Waals surface area contributed by atoms with Crippen LogP contribution < -0.4 is 0 Å². The Morgan fingerprint density at radius 1 is 1.30 bits per heavy atom. The third-order valence-electron chi connectivity index (χ3n) is 5.10. The van der Waals surface area contributed by atoms with Gasteiger partial charge >= 0.3 is 0 Å². The second-order valence-corrected chi connectivity index (χ2v) is 6.99. The number of nitrogens with zero attached hydrogens (tertiary/aromatic N) is 5. The van der Waals surface area contributed by atoms with Crippen molar-refractivity contribution in [3.05, 3.63) is 64.2 Å². The third kappa shape index (κ3) is 3.11. The molecule has 0 aliphatic carbocycles. The molecule has 0 saturated carbocycles. The molecule has 1 aliphatic heterocycles. The molecule has 1 aliphatic rings. The van der Waals surface area contributed by atoms with Crippen molar-refractivity contribution in [2.45, 2.75) is 46.3 Å². The van der Waals surface area contributed by atoms with Crippen LogP contribution in [0.15, 0.2) is 24.3 Å². The highest BCUT2D eigenvalue weighted by Crippen LogP contribution is 2.26. The lowest BCUT2D eigenvalue weighted by Gasteiger charge is -2.32. The minimum Gasteiger partial charge on any atom is -0.329 e. The van der Waals surface area contributed by atoms with Gasteiger partial charge in [-0.1, -0.05) is 12.1 Å². The molecule has 1 amide bonds. The van der Waals surface area contributed by atoms with Crippen LogP contribution in [-0.4, -0.2) is 35.8 Å². The van der Waals surface area contributed by atoms with E-state index in [1.807, 2.05) is 31.4 Å². The zero-order valence-corrected chi connectivity index (χ0v) is 15.5. The van der Waals surface area contributed by atoms with Gasteiger partial charge in [0.2, 0.25) is 5.91 Å². The number of carbonyl (C=O) groups excluding carboxylic acids is 1. The van der Waals surface area contributed by atoms with Crippen LogP contribution in [0, 0.1) is 19.7 Å². The molecule has 0 spiro atoms. The van der Waals surface area contributed by atoms with Gasteiger partial charge < -0.3 is 9.47 Å². The maximum atomic E-state index is 13.4. The molecule has 4 rings (SSSR count). The smallest absolute Gasteiger partial charge is 0.246 e. The fraction of sp³-hybridized carbons (Fsp3) is 0.368. The first-order valence-electron chi connectivity index (χ1n) is 8.90. The Hall–Kier alpha value is -3.03. The van der Waals surface area contributed by atoms with Crippen LogP contribution in [0.5, 0.6) is 0 Å². The van der Waals surface area contributed by atoms with Crippen LogP contribution in [0.2, 0.25) is 0 Å². The second kappa shape index (κ2) is 6.61. The number of hydrogen-bond acceptors (Lipinski definition) is 4. The van der Waals surface area contributed by atoms with E-state index in [9.17, 15) is 9.18 Å². The predicted molar refractivity (Wildman–Crippen MR) is 96.3 cm³/mol. The van der Waals surface area contributed by atoms with E-state index in [0.717, 1.165) is 34.2 Å². The number of aromatic amines is 1. The van der Waals surface area contributed by atoms with Crippen molar-refractivity contribution in [3.63, 3.8) is 0 Å². The highest BCUT2D eigenvalue weighted by atomic mass is 19.1. The minimum atomic E-state index is -0.403. The normalized spacial score (nSPS) is 16.7. The molecule has 7 nitrogen and oxygen atoms in total. The molecule has 27 heavy (non-hydrogen) atoms. The first kappa shape index (κ1) is 17.4. The average molecular weight is 368 g/mol. The summed E-state index contributed by atoms with van der Waals surface area (Å²) in [5, 5.41) is 15.8. The molecule has 1 atom stereocenters. The topological polar surface area (TPSA) is 79.7 Å². The molecular formula is C19H21FN6O. The molecule has 3 heterocycles. The first-order valence-corrected chi connectivity index (χ1v) is 8.90. The molecule has 2 aromatic heterocycles. The number of benzene rings is 1. The summed E-state index contributed by atoms with van der Waals surface area (Å²) in [5.74, 6) is 1.17. The Bertz CT molecular complexity index is 988. The van der Waals surface area contributed by atoms with E-state index in [1.165, 1.54) is 12.1 Å². The quantitative estimate of drug-likeness (QED) is 0.767. The third-order valence-corrected chi connectivity index (χ3v) is 5.10. The lowest BCUT2D eigenvalue weighted by molar-refractivity contribution is -0.137. The summed E-state index contributed by atoms with van der Waals surface area (Å²) in [6.07, 6.45) is 0.572. The van der Waals surface area contributed by atoms with E-state index in [2.05, 4.69) is 20.4 Å². The molecule has 1 N–H and O–H groups in total. The van der Waals surface area contributed by atoms with E-state index in [0.29, 0.717) is 19.5 Å². The van der Waals surface area contributed by atoms with Gasteiger partial charge in [-0.05, 0) is 38.5 Å². The number of hydrogen-bond donors (Lipinski definition) is 1. The van der Waals surface area contributed by atoms with Crippen molar-refractivity contribution in [3.8, 4) is 0 Å². The summed E-state index contributed by atoms with van der Waals surface area (Å²) >= 11 is 0. The predicted octanol–water partition coefficient (Wildman–Crippen LogP) is 2.45. The number of carbonyl (C=O) groups is 1. The summed E-state index contributed by atoms with van der Waals surface area (Å²) in [5.41, 5.74) is 3.75.